The van der Waals surface area contributed by atoms with Gasteiger partial charge in [-0.2, -0.15) is 4.31 Å². The fourth-order valence-corrected chi connectivity index (χ4v) is 3.33. The first-order chi connectivity index (χ1) is 8.09. The molecule has 2 rings (SSSR count). The van der Waals surface area contributed by atoms with Crippen molar-refractivity contribution in [3.05, 3.63) is 35.9 Å². The Kier molecular flexibility index (Phi) is 3.81. The third kappa shape index (κ3) is 3.06. The van der Waals surface area contributed by atoms with E-state index in [0.29, 0.717) is 13.1 Å². The van der Waals surface area contributed by atoms with Gasteiger partial charge in [0.1, 0.15) is 0 Å². The number of nitrogens with zero attached hydrogens (tertiary/aromatic N) is 1. The molecule has 94 valence electrons. The average Bonchev–Trinajstić information content (AvgIpc) is 2.54. The Morgan fingerprint density at radius 2 is 2.00 bits per heavy atom. The van der Waals surface area contributed by atoms with Crippen molar-refractivity contribution in [3.8, 4) is 0 Å². The zero-order valence-electron chi connectivity index (χ0n) is 9.96. The lowest BCUT2D eigenvalue weighted by Crippen LogP contribution is -2.36. The van der Waals surface area contributed by atoms with Crippen molar-refractivity contribution >= 4 is 10.0 Å². The van der Waals surface area contributed by atoms with Gasteiger partial charge in [0, 0.05) is 13.1 Å². The molecule has 1 unspecified atom stereocenters. The summed E-state index contributed by atoms with van der Waals surface area (Å²) >= 11 is 0. The van der Waals surface area contributed by atoms with Gasteiger partial charge in [0.25, 0.3) is 0 Å². The van der Waals surface area contributed by atoms with Gasteiger partial charge in [-0.15, -0.1) is 0 Å². The fourth-order valence-electron chi connectivity index (χ4n) is 2.21. The van der Waals surface area contributed by atoms with Crippen LogP contribution >= 0.6 is 0 Å². The molecule has 1 N–H and O–H groups in total. The molecule has 1 aromatic rings. The van der Waals surface area contributed by atoms with Crippen molar-refractivity contribution in [1.82, 2.24) is 9.62 Å². The first-order valence-electron chi connectivity index (χ1n) is 5.81. The van der Waals surface area contributed by atoms with Crippen LogP contribution in [0.25, 0.3) is 0 Å². The first-order valence-corrected chi connectivity index (χ1v) is 7.66. The predicted molar refractivity (Wildman–Crippen MR) is 68.2 cm³/mol. The van der Waals surface area contributed by atoms with E-state index in [9.17, 15) is 8.42 Å². The summed E-state index contributed by atoms with van der Waals surface area (Å²) in [6, 6.07) is 9.71. The standard InChI is InChI=1S/C12H18N2O2S/c1-17(15,16)14-9-5-8-13-10-12(14)11-6-3-2-4-7-11/h2-4,6-7,12-13H,5,8-10H2,1H3. The van der Waals surface area contributed by atoms with Crippen LogP contribution in [0, 0.1) is 0 Å². The van der Waals surface area contributed by atoms with Gasteiger partial charge in [-0.05, 0) is 18.5 Å². The Bertz CT molecular complexity index is 459. The molecular weight excluding hydrogens is 236 g/mol. The maximum atomic E-state index is 11.8. The quantitative estimate of drug-likeness (QED) is 0.856. The minimum absolute atomic E-state index is 0.0892. The normalized spacial score (nSPS) is 23.2. The van der Waals surface area contributed by atoms with Gasteiger partial charge >= 0.3 is 0 Å². The second kappa shape index (κ2) is 5.16. The highest BCUT2D eigenvalue weighted by atomic mass is 32.2. The Morgan fingerprint density at radius 3 is 2.65 bits per heavy atom. The highest BCUT2D eigenvalue weighted by Gasteiger charge is 2.28. The minimum atomic E-state index is -3.15. The first kappa shape index (κ1) is 12.5. The lowest BCUT2D eigenvalue weighted by molar-refractivity contribution is 0.343. The molecule has 17 heavy (non-hydrogen) atoms. The molecule has 0 amide bonds. The Labute approximate surface area is 103 Å². The van der Waals surface area contributed by atoms with E-state index in [1.807, 2.05) is 30.3 Å². The maximum absolute atomic E-state index is 11.8. The van der Waals surface area contributed by atoms with E-state index < -0.39 is 10.0 Å². The van der Waals surface area contributed by atoms with Gasteiger partial charge in [-0.25, -0.2) is 8.42 Å². The van der Waals surface area contributed by atoms with Crippen molar-refractivity contribution in [2.24, 2.45) is 0 Å². The monoisotopic (exact) mass is 254 g/mol. The third-order valence-electron chi connectivity index (χ3n) is 3.03. The van der Waals surface area contributed by atoms with Crippen LogP contribution in [0.1, 0.15) is 18.0 Å². The van der Waals surface area contributed by atoms with E-state index in [1.165, 1.54) is 6.26 Å². The maximum Gasteiger partial charge on any atom is 0.211 e. The summed E-state index contributed by atoms with van der Waals surface area (Å²) in [6.07, 6.45) is 2.14. The fraction of sp³-hybridized carbons (Fsp3) is 0.500. The number of rotatable bonds is 2. The summed E-state index contributed by atoms with van der Waals surface area (Å²) in [7, 11) is -3.15. The van der Waals surface area contributed by atoms with E-state index in [2.05, 4.69) is 5.32 Å². The Morgan fingerprint density at radius 1 is 1.29 bits per heavy atom. The zero-order chi connectivity index (χ0) is 12.3. The van der Waals surface area contributed by atoms with Gasteiger partial charge in [0.15, 0.2) is 0 Å². The second-order valence-electron chi connectivity index (χ2n) is 4.36. The van der Waals surface area contributed by atoms with Crippen LogP contribution in [0.2, 0.25) is 0 Å². The molecule has 1 heterocycles. The van der Waals surface area contributed by atoms with Crippen LogP contribution in [0.5, 0.6) is 0 Å². The SMILES string of the molecule is CS(=O)(=O)N1CCCNCC1c1ccccc1. The summed E-state index contributed by atoms with van der Waals surface area (Å²) in [4.78, 5) is 0. The van der Waals surface area contributed by atoms with E-state index in [4.69, 9.17) is 0 Å². The molecular formula is C12H18N2O2S. The molecule has 0 spiro atoms. The number of sulfonamides is 1. The molecule has 0 aliphatic carbocycles. The van der Waals surface area contributed by atoms with Gasteiger partial charge in [0.05, 0.1) is 12.3 Å². The molecule has 1 aliphatic heterocycles. The van der Waals surface area contributed by atoms with E-state index in [0.717, 1.165) is 18.5 Å². The highest BCUT2D eigenvalue weighted by molar-refractivity contribution is 7.88. The topological polar surface area (TPSA) is 49.4 Å². The van der Waals surface area contributed by atoms with E-state index >= 15 is 0 Å². The molecule has 5 heteroatoms. The van der Waals surface area contributed by atoms with Crippen LogP contribution in [0.3, 0.4) is 0 Å². The average molecular weight is 254 g/mol. The summed E-state index contributed by atoms with van der Waals surface area (Å²) in [5.74, 6) is 0. The van der Waals surface area contributed by atoms with E-state index in [1.54, 1.807) is 4.31 Å². The number of hydrogen-bond donors (Lipinski definition) is 1. The molecule has 1 aromatic carbocycles. The Hall–Kier alpha value is -0.910. The lowest BCUT2D eigenvalue weighted by Gasteiger charge is -2.27. The van der Waals surface area contributed by atoms with Gasteiger partial charge in [-0.1, -0.05) is 30.3 Å². The van der Waals surface area contributed by atoms with Crippen LogP contribution in [-0.2, 0) is 10.0 Å². The van der Waals surface area contributed by atoms with Crippen LogP contribution in [-0.4, -0.2) is 38.6 Å². The molecule has 1 fully saturated rings. The largest absolute Gasteiger partial charge is 0.315 e. The zero-order valence-corrected chi connectivity index (χ0v) is 10.8. The molecule has 1 atom stereocenters. The number of nitrogens with one attached hydrogen (secondary N) is 1. The third-order valence-corrected chi connectivity index (χ3v) is 4.32. The molecule has 0 saturated carbocycles. The van der Waals surface area contributed by atoms with Crippen LogP contribution in [0.4, 0.5) is 0 Å². The smallest absolute Gasteiger partial charge is 0.211 e. The molecule has 4 nitrogen and oxygen atoms in total. The highest BCUT2D eigenvalue weighted by Crippen LogP contribution is 2.24. The predicted octanol–water partition coefficient (Wildman–Crippen LogP) is 0.983. The van der Waals surface area contributed by atoms with Gasteiger partial charge in [0.2, 0.25) is 10.0 Å². The van der Waals surface area contributed by atoms with Crippen molar-refractivity contribution in [1.29, 1.82) is 0 Å². The Balaban J connectivity index is 2.33. The second-order valence-corrected chi connectivity index (χ2v) is 6.29. The lowest BCUT2D eigenvalue weighted by atomic mass is 10.1. The van der Waals surface area contributed by atoms with E-state index in [-0.39, 0.29) is 6.04 Å². The molecule has 0 aromatic heterocycles. The summed E-state index contributed by atoms with van der Waals surface area (Å²) in [5.41, 5.74) is 1.05. The molecule has 0 bridgehead atoms. The summed E-state index contributed by atoms with van der Waals surface area (Å²) < 4.78 is 25.2. The molecule has 1 aliphatic rings. The van der Waals surface area contributed by atoms with Crippen molar-refractivity contribution in [3.63, 3.8) is 0 Å². The number of hydrogen-bond acceptors (Lipinski definition) is 3. The molecule has 0 radical (unpaired) electrons. The van der Waals surface area contributed by atoms with Crippen molar-refractivity contribution < 1.29 is 8.42 Å². The number of benzene rings is 1. The van der Waals surface area contributed by atoms with Crippen LogP contribution < -0.4 is 5.32 Å². The van der Waals surface area contributed by atoms with Crippen molar-refractivity contribution in [2.45, 2.75) is 12.5 Å². The van der Waals surface area contributed by atoms with Crippen LogP contribution in [0.15, 0.2) is 30.3 Å². The summed E-state index contributed by atoms with van der Waals surface area (Å²) in [6.45, 7) is 2.14. The summed E-state index contributed by atoms with van der Waals surface area (Å²) in [5, 5.41) is 3.29. The minimum Gasteiger partial charge on any atom is -0.315 e. The van der Waals surface area contributed by atoms with Crippen molar-refractivity contribution in [2.75, 3.05) is 25.9 Å². The van der Waals surface area contributed by atoms with Gasteiger partial charge < -0.3 is 5.32 Å². The van der Waals surface area contributed by atoms with Gasteiger partial charge in [-0.3, -0.25) is 0 Å². The molecule has 1 saturated heterocycles.